The molecule has 0 spiro atoms. The second-order valence-electron chi connectivity index (χ2n) is 17.3. The van der Waals surface area contributed by atoms with E-state index in [4.69, 9.17) is 9.97 Å². The number of aromatic nitrogens is 3. The van der Waals surface area contributed by atoms with Gasteiger partial charge in [0, 0.05) is 35.9 Å². The van der Waals surface area contributed by atoms with Gasteiger partial charge < -0.3 is 4.57 Å². The first-order valence-electron chi connectivity index (χ1n) is 19.7. The van der Waals surface area contributed by atoms with Crippen LogP contribution in [0.5, 0.6) is 0 Å². The van der Waals surface area contributed by atoms with Crippen molar-refractivity contribution in [3.63, 3.8) is 0 Å². The Morgan fingerprint density at radius 3 is 2.18 bits per heavy atom. The molecule has 9 rings (SSSR count). The van der Waals surface area contributed by atoms with Crippen molar-refractivity contribution < 1.29 is 20.1 Å². The summed E-state index contributed by atoms with van der Waals surface area (Å²) >= 11 is -0.0362. The Bertz CT molecular complexity index is 2820. The Labute approximate surface area is 357 Å². The van der Waals surface area contributed by atoms with Crippen LogP contribution in [0.1, 0.15) is 45.7 Å². The van der Waals surface area contributed by atoms with Crippen LogP contribution in [0.15, 0.2) is 134 Å². The van der Waals surface area contributed by atoms with Gasteiger partial charge in [0.1, 0.15) is 0 Å². The summed E-state index contributed by atoms with van der Waals surface area (Å²) in [6.07, 6.45) is 3.27. The molecule has 0 saturated carbocycles. The Balaban J connectivity index is 0.000000202. The van der Waals surface area contributed by atoms with Crippen LogP contribution in [0.25, 0.3) is 70.3 Å². The Hall–Kier alpha value is -4.39. The number of thiophene rings is 1. The molecule has 6 heteroatoms. The van der Waals surface area contributed by atoms with Crippen molar-refractivity contribution in [3.8, 4) is 28.3 Å². The van der Waals surface area contributed by atoms with E-state index in [2.05, 4.69) is 178 Å². The monoisotopic (exact) mass is 1000 g/mol. The molecule has 3 heterocycles. The molecule has 0 amide bonds. The molecule has 0 atom stereocenters. The van der Waals surface area contributed by atoms with Gasteiger partial charge in [0.15, 0.2) is 0 Å². The maximum absolute atomic E-state index is 5.32. The maximum Gasteiger partial charge on any atom is 0 e. The summed E-state index contributed by atoms with van der Waals surface area (Å²) in [5.74, 6) is 8.93. The fourth-order valence-electron chi connectivity index (χ4n) is 7.69. The van der Waals surface area contributed by atoms with Gasteiger partial charge in [-0.2, -0.15) is 11.3 Å². The second kappa shape index (κ2) is 16.5. The number of fused-ring (bicyclic) bond motifs is 6. The van der Waals surface area contributed by atoms with Crippen LogP contribution >= 0.6 is 11.3 Å². The third-order valence-electron chi connectivity index (χ3n) is 10.5. The van der Waals surface area contributed by atoms with E-state index in [1.165, 1.54) is 42.1 Å². The molecule has 3 aromatic heterocycles. The maximum atomic E-state index is 5.32. The van der Waals surface area contributed by atoms with Crippen LogP contribution in [0.3, 0.4) is 0 Å². The fraction of sp³-hybridized carbons (Fsp3) is 0.216. The quantitative estimate of drug-likeness (QED) is 0.123. The van der Waals surface area contributed by atoms with Crippen LogP contribution in [0, 0.1) is 18.1 Å². The van der Waals surface area contributed by atoms with E-state index < -0.39 is 13.3 Å². The summed E-state index contributed by atoms with van der Waals surface area (Å²) in [6, 6.07) is 51.9. The average molecular weight is 1000 g/mol. The molecule has 3 nitrogen and oxygen atoms in total. The van der Waals surface area contributed by atoms with E-state index in [0.29, 0.717) is 5.92 Å². The van der Waals surface area contributed by atoms with Crippen molar-refractivity contribution in [3.05, 3.63) is 157 Å². The summed E-state index contributed by atoms with van der Waals surface area (Å²) in [6.45, 7) is 11.3. The number of hydrogen-bond donors (Lipinski definition) is 0. The normalized spacial score (nSPS) is 11.9. The standard InChI is InChI=1S/C33H25N2S.C18H24GeN.Ir/c1-33(2,3)22-16-18-23(19-17-22)35-28-20-15-21-9-4-5-10-24(21)30(28)34-32(35)27-13-8-12-26-25-11-6-7-14-29(25)36-31(26)27;1-14(2)11-16-12-18(15-9-7-6-8-10-15)20-13-17(16)19(3,4)5;/h4-12,14-20H,1-3H3;6-9,12-14H,11H2,1-5H3;/q2*-1;. The smallest absolute Gasteiger partial charge is 0 e. The zero-order chi connectivity index (χ0) is 39.2. The largest absolute Gasteiger partial charge is 0 e. The predicted molar refractivity (Wildman–Crippen MR) is 244 cm³/mol. The summed E-state index contributed by atoms with van der Waals surface area (Å²) in [5.41, 5.74) is 9.35. The van der Waals surface area contributed by atoms with E-state index in [-0.39, 0.29) is 25.5 Å². The van der Waals surface area contributed by atoms with Gasteiger partial charge >= 0.3 is 126 Å². The minimum Gasteiger partial charge on any atom is 0 e. The summed E-state index contributed by atoms with van der Waals surface area (Å²) in [5, 5.41) is 4.92. The van der Waals surface area contributed by atoms with Crippen LogP contribution in [-0.2, 0) is 31.9 Å². The number of nitrogens with zero attached hydrogens (tertiary/aromatic N) is 3. The molecule has 0 N–H and O–H groups in total. The topological polar surface area (TPSA) is 30.7 Å². The second-order valence-corrected chi connectivity index (χ2v) is 28.9. The third kappa shape index (κ3) is 8.31. The van der Waals surface area contributed by atoms with Crippen LogP contribution in [-0.4, -0.2) is 27.8 Å². The van der Waals surface area contributed by atoms with E-state index >= 15 is 0 Å². The van der Waals surface area contributed by atoms with Crippen molar-refractivity contribution in [1.29, 1.82) is 0 Å². The van der Waals surface area contributed by atoms with Crippen molar-refractivity contribution in [2.24, 2.45) is 5.92 Å². The minimum atomic E-state index is -1.86. The molecule has 289 valence electrons. The Morgan fingerprint density at radius 2 is 1.47 bits per heavy atom. The molecular formula is C51H49GeIrN3S-2. The number of pyridine rings is 1. The van der Waals surface area contributed by atoms with E-state index in [9.17, 15) is 0 Å². The van der Waals surface area contributed by atoms with Crippen LogP contribution in [0.4, 0.5) is 0 Å². The molecule has 57 heavy (non-hydrogen) atoms. The van der Waals surface area contributed by atoms with Crippen LogP contribution < -0.4 is 4.40 Å². The number of benzene rings is 6. The SMILES string of the molecule is CC(C)(C)c1ccc(-n2c(-c3[c-]ccc4c3sc3ccccc34)nc3c4ccccc4ccc32)cc1.CC(C)Cc1cc(-c2[c-]cccc2)nc[c]1[Ge]([CH3])([CH3])[CH3].[Ir]. The molecule has 6 aromatic carbocycles. The Morgan fingerprint density at radius 1 is 0.754 bits per heavy atom. The molecular weight excluding hydrogens is 951 g/mol. The van der Waals surface area contributed by atoms with E-state index in [1.54, 1.807) is 4.40 Å². The number of rotatable bonds is 6. The molecule has 0 bridgehead atoms. The molecule has 9 aromatic rings. The first kappa shape index (κ1) is 40.8. The van der Waals surface area contributed by atoms with E-state index in [1.807, 2.05) is 35.6 Å². The molecule has 1 radical (unpaired) electrons. The zero-order valence-corrected chi connectivity index (χ0v) is 39.4. The van der Waals surface area contributed by atoms with Crippen molar-refractivity contribution in [2.45, 2.75) is 63.7 Å². The number of imidazole rings is 1. The van der Waals surface area contributed by atoms with Gasteiger partial charge in [-0.25, -0.2) is 0 Å². The van der Waals surface area contributed by atoms with Crippen molar-refractivity contribution >= 4 is 71.0 Å². The summed E-state index contributed by atoms with van der Waals surface area (Å²) in [4.78, 5) is 10.0. The van der Waals surface area contributed by atoms with E-state index in [0.717, 1.165) is 45.8 Å². The van der Waals surface area contributed by atoms with Crippen molar-refractivity contribution in [2.75, 3.05) is 0 Å². The van der Waals surface area contributed by atoms with Gasteiger partial charge in [-0.15, -0.1) is 18.2 Å². The van der Waals surface area contributed by atoms with Gasteiger partial charge in [-0.05, 0) is 50.7 Å². The summed E-state index contributed by atoms with van der Waals surface area (Å²) < 4.78 is 6.37. The molecule has 0 aliphatic carbocycles. The molecule has 0 fully saturated rings. The van der Waals surface area contributed by atoms with Crippen molar-refractivity contribution in [1.82, 2.24) is 14.5 Å². The van der Waals surface area contributed by atoms with Crippen LogP contribution in [0.2, 0.25) is 17.3 Å². The molecule has 0 unspecified atom stereocenters. The summed E-state index contributed by atoms with van der Waals surface area (Å²) in [7, 11) is 0. The third-order valence-corrected chi connectivity index (χ3v) is 16.1. The first-order chi connectivity index (χ1) is 26.9. The number of hydrogen-bond acceptors (Lipinski definition) is 3. The van der Waals surface area contributed by atoms with Gasteiger partial charge in [0.25, 0.3) is 0 Å². The van der Waals surface area contributed by atoms with Gasteiger partial charge in [-0.3, -0.25) is 4.98 Å². The zero-order valence-electron chi connectivity index (χ0n) is 34.1. The molecule has 0 saturated heterocycles. The first-order valence-corrected chi connectivity index (χ1v) is 27.8. The minimum absolute atomic E-state index is 0. The molecule has 0 aliphatic rings. The Kier molecular flexibility index (Phi) is 11.8. The molecule has 0 aliphatic heterocycles. The predicted octanol–water partition coefficient (Wildman–Crippen LogP) is 13.6. The fourth-order valence-corrected chi connectivity index (χ4v) is 12.2. The van der Waals surface area contributed by atoms with Gasteiger partial charge in [0.2, 0.25) is 0 Å². The van der Waals surface area contributed by atoms with Gasteiger partial charge in [0.05, 0.1) is 16.9 Å². The van der Waals surface area contributed by atoms with Gasteiger partial charge in [-0.1, -0.05) is 92.4 Å². The average Bonchev–Trinajstić information content (AvgIpc) is 3.77.